The molecule has 0 unspecified atom stereocenters. The van der Waals surface area contributed by atoms with E-state index in [4.69, 9.17) is 0 Å². The normalized spacial score (nSPS) is 23.6. The average Bonchev–Trinajstić information content (AvgIpc) is 3.11. The summed E-state index contributed by atoms with van der Waals surface area (Å²) >= 11 is 0. The molecule has 1 amide bonds. The first kappa shape index (κ1) is 14.4. The van der Waals surface area contributed by atoms with E-state index in [9.17, 15) is 9.18 Å². The largest absolute Gasteiger partial charge is 0.348 e. The topological polar surface area (TPSA) is 45.2 Å². The number of pyridine rings is 1. The van der Waals surface area contributed by atoms with Gasteiger partial charge in [0.15, 0.2) is 0 Å². The van der Waals surface area contributed by atoms with Crippen LogP contribution in [0.25, 0.3) is 0 Å². The second-order valence-electron chi connectivity index (χ2n) is 6.24. The molecule has 0 bridgehead atoms. The van der Waals surface area contributed by atoms with Crippen molar-refractivity contribution in [1.29, 1.82) is 0 Å². The zero-order valence-corrected chi connectivity index (χ0v) is 12.2. The molecular formula is C16H22FN3O. The van der Waals surface area contributed by atoms with Crippen molar-refractivity contribution in [2.24, 2.45) is 5.92 Å². The van der Waals surface area contributed by atoms with E-state index in [1.807, 2.05) is 0 Å². The monoisotopic (exact) mass is 291 g/mol. The summed E-state index contributed by atoms with van der Waals surface area (Å²) in [7, 11) is 0. The van der Waals surface area contributed by atoms with E-state index < -0.39 is 5.95 Å². The number of carbonyl (C=O) groups is 1. The highest BCUT2D eigenvalue weighted by molar-refractivity contribution is 5.94. The van der Waals surface area contributed by atoms with Gasteiger partial charge < -0.3 is 10.2 Å². The molecular weight excluding hydrogens is 269 g/mol. The van der Waals surface area contributed by atoms with Crippen molar-refractivity contribution in [1.82, 2.24) is 15.2 Å². The fourth-order valence-corrected chi connectivity index (χ4v) is 3.49. The highest BCUT2D eigenvalue weighted by Gasteiger charge is 2.27. The van der Waals surface area contributed by atoms with Gasteiger partial charge in [0, 0.05) is 43.5 Å². The number of halogens is 1. The van der Waals surface area contributed by atoms with Gasteiger partial charge in [0.1, 0.15) is 0 Å². The lowest BCUT2D eigenvalue weighted by Crippen LogP contribution is -2.37. The Morgan fingerprint density at radius 1 is 1.38 bits per heavy atom. The van der Waals surface area contributed by atoms with Gasteiger partial charge in [0.05, 0.1) is 0 Å². The Hall–Kier alpha value is -1.49. The molecule has 1 N–H and O–H groups in total. The molecule has 3 rings (SSSR count). The van der Waals surface area contributed by atoms with Crippen LogP contribution < -0.4 is 5.32 Å². The lowest BCUT2D eigenvalue weighted by atomic mass is 10.1. The summed E-state index contributed by atoms with van der Waals surface area (Å²) in [6, 6.07) is 2.90. The second-order valence-corrected chi connectivity index (χ2v) is 6.24. The number of amides is 1. The minimum atomic E-state index is -0.614. The lowest BCUT2D eigenvalue weighted by Gasteiger charge is -2.20. The van der Waals surface area contributed by atoms with Crippen molar-refractivity contribution in [3.8, 4) is 0 Å². The first-order chi connectivity index (χ1) is 10.2. The third kappa shape index (κ3) is 3.79. The van der Waals surface area contributed by atoms with E-state index in [1.54, 1.807) is 6.07 Å². The predicted molar refractivity (Wildman–Crippen MR) is 78.5 cm³/mol. The Morgan fingerprint density at radius 2 is 2.19 bits per heavy atom. The molecule has 114 valence electrons. The Labute approximate surface area is 124 Å². The van der Waals surface area contributed by atoms with Crippen molar-refractivity contribution >= 4 is 5.91 Å². The molecule has 0 spiro atoms. The lowest BCUT2D eigenvalue weighted by molar-refractivity contribution is 0.0936. The van der Waals surface area contributed by atoms with Gasteiger partial charge in [-0.05, 0) is 31.2 Å². The smallest absolute Gasteiger partial charge is 0.251 e. The van der Waals surface area contributed by atoms with Crippen LogP contribution in [0.1, 0.15) is 42.5 Å². The highest BCUT2D eigenvalue weighted by atomic mass is 19.1. The molecule has 2 fully saturated rings. The molecule has 4 nitrogen and oxygen atoms in total. The van der Waals surface area contributed by atoms with Crippen LogP contribution in [-0.4, -0.2) is 41.5 Å². The van der Waals surface area contributed by atoms with Crippen LogP contribution >= 0.6 is 0 Å². The molecule has 1 aliphatic heterocycles. The van der Waals surface area contributed by atoms with Gasteiger partial charge in [0.25, 0.3) is 5.91 Å². The number of nitrogens with one attached hydrogen (secondary N) is 1. The van der Waals surface area contributed by atoms with Crippen LogP contribution in [0.3, 0.4) is 0 Å². The standard InChI is InChI=1S/C16H22FN3O/c17-15-9-13(5-7-18-15)16(21)19-14-6-8-20(11-14)10-12-3-1-2-4-12/h5,7,9,12,14H,1-4,6,8,10-11H2,(H,19,21)/t14-/m1/s1. The molecule has 21 heavy (non-hydrogen) atoms. The molecule has 0 radical (unpaired) electrons. The summed E-state index contributed by atoms with van der Waals surface area (Å²) in [5, 5.41) is 3.00. The SMILES string of the molecule is O=C(N[C@@H]1CCN(CC2CCCC2)C1)c1ccnc(F)c1. The fraction of sp³-hybridized carbons (Fsp3) is 0.625. The van der Waals surface area contributed by atoms with Gasteiger partial charge in [0.2, 0.25) is 5.95 Å². The zero-order valence-electron chi connectivity index (χ0n) is 12.2. The predicted octanol–water partition coefficient (Wildman–Crippen LogP) is 2.21. The van der Waals surface area contributed by atoms with Gasteiger partial charge in [-0.15, -0.1) is 0 Å². The maximum absolute atomic E-state index is 13.0. The summed E-state index contributed by atoms with van der Waals surface area (Å²) < 4.78 is 13.0. The maximum Gasteiger partial charge on any atom is 0.251 e. The number of likely N-dealkylation sites (tertiary alicyclic amines) is 1. The third-order valence-corrected chi connectivity index (χ3v) is 4.59. The van der Waals surface area contributed by atoms with Crippen LogP contribution in [0, 0.1) is 11.9 Å². The fourth-order valence-electron chi connectivity index (χ4n) is 3.49. The van der Waals surface area contributed by atoms with Crippen LogP contribution in [0.4, 0.5) is 4.39 Å². The number of hydrogen-bond acceptors (Lipinski definition) is 3. The quantitative estimate of drug-likeness (QED) is 0.865. The second kappa shape index (κ2) is 6.52. The number of carbonyl (C=O) groups excluding carboxylic acids is 1. The Bertz CT molecular complexity index is 502. The summed E-state index contributed by atoms with van der Waals surface area (Å²) in [5.74, 6) is 0.0229. The van der Waals surface area contributed by atoms with Gasteiger partial charge in [-0.3, -0.25) is 4.79 Å². The Balaban J connectivity index is 1.48. The van der Waals surface area contributed by atoms with E-state index in [0.29, 0.717) is 5.56 Å². The molecule has 2 heterocycles. The Morgan fingerprint density at radius 3 is 2.95 bits per heavy atom. The third-order valence-electron chi connectivity index (χ3n) is 4.59. The van der Waals surface area contributed by atoms with Crippen molar-refractivity contribution in [2.75, 3.05) is 19.6 Å². The van der Waals surface area contributed by atoms with Crippen LogP contribution in [0.2, 0.25) is 0 Å². The minimum absolute atomic E-state index is 0.176. The Kier molecular flexibility index (Phi) is 4.48. The number of rotatable bonds is 4. The minimum Gasteiger partial charge on any atom is -0.348 e. The molecule has 1 saturated heterocycles. The van der Waals surface area contributed by atoms with Crippen LogP contribution in [0.5, 0.6) is 0 Å². The molecule has 0 aromatic carbocycles. The highest BCUT2D eigenvalue weighted by Crippen LogP contribution is 2.26. The van der Waals surface area contributed by atoms with E-state index in [-0.39, 0.29) is 11.9 Å². The zero-order chi connectivity index (χ0) is 14.7. The number of hydrogen-bond donors (Lipinski definition) is 1. The van der Waals surface area contributed by atoms with Crippen molar-refractivity contribution < 1.29 is 9.18 Å². The summed E-state index contributed by atoms with van der Waals surface area (Å²) in [6.45, 7) is 3.12. The summed E-state index contributed by atoms with van der Waals surface area (Å²) in [6.07, 6.45) is 7.74. The first-order valence-corrected chi connectivity index (χ1v) is 7.85. The molecule has 1 aliphatic carbocycles. The molecule has 1 aromatic heterocycles. The number of aromatic nitrogens is 1. The van der Waals surface area contributed by atoms with Gasteiger partial charge in [-0.1, -0.05) is 12.8 Å². The molecule has 5 heteroatoms. The van der Waals surface area contributed by atoms with Crippen LogP contribution in [-0.2, 0) is 0 Å². The van der Waals surface area contributed by atoms with E-state index in [2.05, 4.69) is 15.2 Å². The summed E-state index contributed by atoms with van der Waals surface area (Å²) in [4.78, 5) is 18.0. The average molecular weight is 291 g/mol. The van der Waals surface area contributed by atoms with E-state index in [1.165, 1.54) is 37.9 Å². The number of nitrogens with zero attached hydrogens (tertiary/aromatic N) is 2. The van der Waals surface area contributed by atoms with Crippen LogP contribution in [0.15, 0.2) is 18.3 Å². The summed E-state index contributed by atoms with van der Waals surface area (Å²) in [5.41, 5.74) is 0.344. The molecule has 1 atom stereocenters. The van der Waals surface area contributed by atoms with Gasteiger partial charge in [-0.2, -0.15) is 4.39 Å². The molecule has 1 saturated carbocycles. The maximum atomic E-state index is 13.0. The van der Waals surface area contributed by atoms with Crippen molar-refractivity contribution in [2.45, 2.75) is 38.1 Å². The first-order valence-electron chi connectivity index (χ1n) is 7.85. The van der Waals surface area contributed by atoms with Crippen molar-refractivity contribution in [3.05, 3.63) is 29.8 Å². The van der Waals surface area contributed by atoms with Gasteiger partial charge in [-0.25, -0.2) is 4.98 Å². The van der Waals surface area contributed by atoms with Gasteiger partial charge >= 0.3 is 0 Å². The molecule has 1 aromatic rings. The van der Waals surface area contributed by atoms with E-state index in [0.717, 1.165) is 32.0 Å². The van der Waals surface area contributed by atoms with Crippen molar-refractivity contribution in [3.63, 3.8) is 0 Å². The van der Waals surface area contributed by atoms with E-state index >= 15 is 0 Å². The molecule has 2 aliphatic rings.